The van der Waals surface area contributed by atoms with Crippen LogP contribution >= 0.6 is 0 Å². The number of aliphatic hydroxyl groups excluding tert-OH is 1. The maximum absolute atomic E-state index is 11.3. The first kappa shape index (κ1) is 14.5. The molecule has 0 bridgehead atoms. The molecule has 0 amide bonds. The molecule has 3 atom stereocenters. The highest BCUT2D eigenvalue weighted by molar-refractivity contribution is 5.35. The fourth-order valence-corrected chi connectivity index (χ4v) is 3.35. The van der Waals surface area contributed by atoms with Crippen molar-refractivity contribution in [3.8, 4) is 0 Å². The second-order valence-corrected chi connectivity index (χ2v) is 5.92. The molecular formula is C14H21N3O4. The first-order valence-electron chi connectivity index (χ1n) is 7.70. The summed E-state index contributed by atoms with van der Waals surface area (Å²) < 4.78 is 7.22. The third-order valence-electron chi connectivity index (χ3n) is 4.49. The summed E-state index contributed by atoms with van der Waals surface area (Å²) in [7, 11) is 0. The molecule has 1 aromatic heterocycles. The summed E-state index contributed by atoms with van der Waals surface area (Å²) in [4.78, 5) is 10.8. The van der Waals surface area contributed by atoms with Crippen LogP contribution in [0.5, 0.6) is 0 Å². The first-order chi connectivity index (χ1) is 10.2. The zero-order valence-electron chi connectivity index (χ0n) is 12.0. The van der Waals surface area contributed by atoms with Gasteiger partial charge in [0.15, 0.2) is 6.23 Å². The van der Waals surface area contributed by atoms with E-state index in [1.807, 2.05) is 0 Å². The van der Waals surface area contributed by atoms with Crippen LogP contribution in [-0.2, 0) is 4.74 Å². The molecule has 1 saturated carbocycles. The maximum Gasteiger partial charge on any atom is 0.393 e. The molecule has 1 aliphatic heterocycles. The molecule has 7 heteroatoms. The van der Waals surface area contributed by atoms with E-state index in [0.717, 1.165) is 38.5 Å². The van der Waals surface area contributed by atoms with Gasteiger partial charge in [0, 0.05) is 12.5 Å². The zero-order chi connectivity index (χ0) is 14.8. The Morgan fingerprint density at radius 3 is 2.71 bits per heavy atom. The first-order valence-corrected chi connectivity index (χ1v) is 7.70. The lowest BCUT2D eigenvalue weighted by molar-refractivity contribution is -0.391. The van der Waals surface area contributed by atoms with Crippen molar-refractivity contribution in [3.05, 3.63) is 21.9 Å². The second kappa shape index (κ2) is 6.11. The highest BCUT2D eigenvalue weighted by Gasteiger charge is 2.35. The largest absolute Gasteiger partial charge is 0.393 e. The minimum absolute atomic E-state index is 0.130. The normalized spacial score (nSPS) is 30.2. The van der Waals surface area contributed by atoms with Gasteiger partial charge in [0.2, 0.25) is 0 Å². The molecule has 1 aromatic rings. The second-order valence-electron chi connectivity index (χ2n) is 5.92. The quantitative estimate of drug-likeness (QED) is 0.683. The van der Waals surface area contributed by atoms with Gasteiger partial charge >= 0.3 is 5.82 Å². The van der Waals surface area contributed by atoms with E-state index in [1.165, 1.54) is 0 Å². The minimum atomic E-state index is -0.512. The van der Waals surface area contributed by atoms with Crippen LogP contribution in [-0.4, -0.2) is 32.5 Å². The van der Waals surface area contributed by atoms with E-state index in [4.69, 9.17) is 4.74 Å². The monoisotopic (exact) mass is 295 g/mol. The third kappa shape index (κ3) is 2.94. The molecular weight excluding hydrogens is 274 g/mol. The van der Waals surface area contributed by atoms with E-state index in [-0.39, 0.29) is 18.0 Å². The summed E-state index contributed by atoms with van der Waals surface area (Å²) in [5.74, 6) is -0.313. The molecule has 0 spiro atoms. The van der Waals surface area contributed by atoms with Gasteiger partial charge in [0.05, 0.1) is 23.0 Å². The Labute approximate surface area is 123 Å². The van der Waals surface area contributed by atoms with Crippen molar-refractivity contribution in [1.82, 2.24) is 9.78 Å². The van der Waals surface area contributed by atoms with Gasteiger partial charge in [-0.1, -0.05) is 12.8 Å². The lowest BCUT2D eigenvalue weighted by Gasteiger charge is -2.26. The molecule has 2 aliphatic rings. The Balaban J connectivity index is 1.90. The predicted octanol–water partition coefficient (Wildman–Crippen LogP) is 2.51. The van der Waals surface area contributed by atoms with Crippen molar-refractivity contribution >= 4 is 5.82 Å². The molecule has 1 N–H and O–H groups in total. The summed E-state index contributed by atoms with van der Waals surface area (Å²) in [5, 5.41) is 25.6. The molecule has 1 saturated heterocycles. The summed E-state index contributed by atoms with van der Waals surface area (Å²) in [6.45, 7) is 0.666. The molecule has 1 aliphatic carbocycles. The number of nitro groups is 1. The van der Waals surface area contributed by atoms with Crippen LogP contribution in [0, 0.1) is 10.1 Å². The van der Waals surface area contributed by atoms with Crippen LogP contribution in [0.3, 0.4) is 0 Å². The molecule has 3 rings (SSSR count). The van der Waals surface area contributed by atoms with Gasteiger partial charge in [0.25, 0.3) is 0 Å². The Hall–Kier alpha value is -1.47. The van der Waals surface area contributed by atoms with Crippen molar-refractivity contribution in [3.63, 3.8) is 0 Å². The van der Waals surface area contributed by atoms with Gasteiger partial charge in [0.1, 0.15) is 0 Å². The van der Waals surface area contributed by atoms with Crippen molar-refractivity contribution in [2.45, 2.75) is 63.2 Å². The fourth-order valence-electron chi connectivity index (χ4n) is 3.35. The number of hydrogen-bond acceptors (Lipinski definition) is 5. The molecule has 116 valence electrons. The number of rotatable bonds is 3. The average Bonchev–Trinajstić information content (AvgIpc) is 2.94. The molecule has 21 heavy (non-hydrogen) atoms. The van der Waals surface area contributed by atoms with Crippen molar-refractivity contribution < 1.29 is 14.8 Å². The molecule has 0 aromatic carbocycles. The van der Waals surface area contributed by atoms with Crippen LogP contribution in [0.4, 0.5) is 5.82 Å². The highest BCUT2D eigenvalue weighted by atomic mass is 16.6. The minimum Gasteiger partial charge on any atom is -0.392 e. The van der Waals surface area contributed by atoms with Crippen molar-refractivity contribution in [2.75, 3.05) is 6.61 Å². The Morgan fingerprint density at radius 1 is 1.29 bits per heavy atom. The van der Waals surface area contributed by atoms with E-state index < -0.39 is 11.0 Å². The van der Waals surface area contributed by atoms with Crippen molar-refractivity contribution in [1.29, 1.82) is 0 Å². The average molecular weight is 295 g/mol. The van der Waals surface area contributed by atoms with E-state index in [0.29, 0.717) is 18.6 Å². The van der Waals surface area contributed by atoms with E-state index in [9.17, 15) is 15.2 Å². The number of aliphatic hydroxyl groups is 1. The van der Waals surface area contributed by atoms with Gasteiger partial charge in [-0.2, -0.15) is 4.68 Å². The Kier molecular flexibility index (Phi) is 4.21. The van der Waals surface area contributed by atoms with E-state index in [2.05, 4.69) is 5.10 Å². The number of aromatic nitrogens is 2. The van der Waals surface area contributed by atoms with E-state index in [1.54, 1.807) is 10.9 Å². The highest BCUT2D eigenvalue weighted by Crippen LogP contribution is 2.38. The smallest absolute Gasteiger partial charge is 0.392 e. The Bertz CT molecular complexity index is 510. The third-order valence-corrected chi connectivity index (χ3v) is 4.49. The molecule has 2 fully saturated rings. The van der Waals surface area contributed by atoms with Gasteiger partial charge in [-0.25, -0.2) is 0 Å². The van der Waals surface area contributed by atoms with Gasteiger partial charge in [-0.05, 0) is 37.0 Å². The number of hydrogen-bond donors (Lipinski definition) is 1. The molecule has 3 unspecified atom stereocenters. The SMILES string of the molecule is O=[N+]([O-])c1nn(C2CCCCO2)cc1C1CCCCC1O. The maximum atomic E-state index is 11.3. The fraction of sp³-hybridized carbons (Fsp3) is 0.786. The van der Waals surface area contributed by atoms with Crippen LogP contribution in [0.15, 0.2) is 6.20 Å². The van der Waals surface area contributed by atoms with Crippen LogP contribution < -0.4 is 0 Å². The van der Waals surface area contributed by atoms with Gasteiger partial charge in [-0.15, -0.1) is 0 Å². The van der Waals surface area contributed by atoms with Crippen molar-refractivity contribution in [2.24, 2.45) is 0 Å². The lowest BCUT2D eigenvalue weighted by atomic mass is 9.82. The summed E-state index contributed by atoms with van der Waals surface area (Å²) in [6.07, 6.45) is 7.32. The number of nitrogens with zero attached hydrogens (tertiary/aromatic N) is 3. The Morgan fingerprint density at radius 2 is 2.05 bits per heavy atom. The predicted molar refractivity (Wildman–Crippen MR) is 74.9 cm³/mol. The van der Waals surface area contributed by atoms with E-state index >= 15 is 0 Å². The lowest BCUT2D eigenvalue weighted by Crippen LogP contribution is -2.23. The summed E-state index contributed by atoms with van der Waals surface area (Å²) >= 11 is 0. The standard InChI is InChI=1S/C14H21N3O4/c18-12-6-2-1-5-10(12)11-9-16(15-14(11)17(19)20)13-7-3-4-8-21-13/h9-10,12-13,18H,1-8H2. The van der Waals surface area contributed by atoms with Gasteiger partial charge in [-0.3, -0.25) is 0 Å². The van der Waals surface area contributed by atoms with Crippen LogP contribution in [0.2, 0.25) is 0 Å². The van der Waals surface area contributed by atoms with Crippen LogP contribution in [0.25, 0.3) is 0 Å². The van der Waals surface area contributed by atoms with Gasteiger partial charge < -0.3 is 20.0 Å². The molecule has 7 nitrogen and oxygen atoms in total. The molecule has 0 radical (unpaired) electrons. The topological polar surface area (TPSA) is 90.4 Å². The van der Waals surface area contributed by atoms with Crippen LogP contribution in [0.1, 0.15) is 62.7 Å². The summed E-state index contributed by atoms with van der Waals surface area (Å²) in [5.41, 5.74) is 0.557. The number of ether oxygens (including phenoxy) is 1. The zero-order valence-corrected chi connectivity index (χ0v) is 12.0. The summed E-state index contributed by atoms with van der Waals surface area (Å²) in [6, 6.07) is 0. The molecule has 2 heterocycles.